The lowest BCUT2D eigenvalue weighted by molar-refractivity contribution is -0.147. The molecular weight excluding hydrogens is 701 g/mol. The number of nitrogens with one attached hydrogen (secondary N) is 1. The lowest BCUT2D eigenvalue weighted by atomic mass is 9.82. The van der Waals surface area contributed by atoms with Crippen molar-refractivity contribution in [3.05, 3.63) is 131 Å². The van der Waals surface area contributed by atoms with E-state index in [4.69, 9.17) is 14.2 Å². The molecule has 2 aliphatic rings. The van der Waals surface area contributed by atoms with Gasteiger partial charge in [-0.3, -0.25) is 4.79 Å². The van der Waals surface area contributed by atoms with Gasteiger partial charge in [0.2, 0.25) is 5.91 Å². The molecule has 53 heavy (non-hydrogen) atoms. The third-order valence-corrected chi connectivity index (χ3v) is 10.4. The first kappa shape index (κ1) is 38.6. The molecule has 1 atom stereocenters. The van der Waals surface area contributed by atoms with Crippen LogP contribution in [-0.2, 0) is 53.8 Å². The number of amides is 3. The quantitative estimate of drug-likeness (QED) is 0.181. The molecule has 3 amide bonds. The minimum atomic E-state index is -4.60. The van der Waals surface area contributed by atoms with Crippen molar-refractivity contribution in [1.29, 1.82) is 0 Å². The van der Waals surface area contributed by atoms with Gasteiger partial charge in [-0.15, -0.1) is 0 Å². The van der Waals surface area contributed by atoms with E-state index < -0.39 is 34.4 Å². The van der Waals surface area contributed by atoms with Gasteiger partial charge in [0.1, 0.15) is 19.8 Å². The van der Waals surface area contributed by atoms with Gasteiger partial charge in [-0.2, -0.15) is 8.42 Å². The lowest BCUT2D eigenvalue weighted by Gasteiger charge is -2.30. The molecule has 1 heterocycles. The van der Waals surface area contributed by atoms with Crippen molar-refractivity contribution in [2.45, 2.75) is 51.5 Å². The molecule has 1 aliphatic carbocycles. The second kappa shape index (κ2) is 18.2. The Hall–Kier alpha value is -5.63. The summed E-state index contributed by atoms with van der Waals surface area (Å²) in [6, 6.07) is 25.7. The number of esters is 1. The SMILES string of the molecule is CN(CCN(C)C(=O)C1CCC(=C2C=CN(S(=O)(=O)NC(=O)OCc3ccccc3)C2C(=O)OCc2ccccc2)CC1)C(=O)OCc1ccccc1. The Morgan fingerprint density at radius 3 is 1.75 bits per heavy atom. The van der Waals surface area contributed by atoms with Crippen LogP contribution in [0.4, 0.5) is 9.59 Å². The Morgan fingerprint density at radius 1 is 0.717 bits per heavy atom. The number of nitrogens with zero attached hydrogens (tertiary/aromatic N) is 3. The number of rotatable bonds is 13. The van der Waals surface area contributed by atoms with Crippen LogP contribution in [0.15, 0.2) is 114 Å². The molecule has 1 fully saturated rings. The fraction of sp³-hybridized carbons (Fsp3) is 0.333. The fourth-order valence-corrected chi connectivity index (χ4v) is 7.16. The normalized spacial score (nSPS) is 16.8. The molecule has 1 unspecified atom stereocenters. The first-order valence-electron chi connectivity index (χ1n) is 17.3. The van der Waals surface area contributed by atoms with Crippen LogP contribution < -0.4 is 4.72 Å². The Bertz CT molecular complexity index is 1890. The number of likely N-dealkylation sites (N-methyl/N-ethyl adjacent to an activating group) is 2. The van der Waals surface area contributed by atoms with E-state index >= 15 is 0 Å². The molecule has 3 aromatic carbocycles. The van der Waals surface area contributed by atoms with E-state index in [1.165, 1.54) is 11.1 Å². The molecule has 14 heteroatoms. The van der Waals surface area contributed by atoms with E-state index in [1.807, 2.05) is 41.1 Å². The molecule has 3 aromatic rings. The lowest BCUT2D eigenvalue weighted by Crippen LogP contribution is -2.48. The zero-order valence-corrected chi connectivity index (χ0v) is 30.6. The predicted molar refractivity (Wildman–Crippen MR) is 196 cm³/mol. The van der Waals surface area contributed by atoms with E-state index in [1.54, 1.807) is 79.7 Å². The van der Waals surface area contributed by atoms with Crippen molar-refractivity contribution in [1.82, 2.24) is 18.8 Å². The van der Waals surface area contributed by atoms with Crippen LogP contribution in [0.25, 0.3) is 0 Å². The smallest absolute Gasteiger partial charge is 0.422 e. The average Bonchev–Trinajstić information content (AvgIpc) is 3.65. The van der Waals surface area contributed by atoms with Crippen LogP contribution in [0.5, 0.6) is 0 Å². The second-order valence-corrected chi connectivity index (χ2v) is 14.4. The van der Waals surface area contributed by atoms with Gasteiger partial charge in [0, 0.05) is 39.3 Å². The molecule has 1 N–H and O–H groups in total. The molecular formula is C39H44N4O9S. The molecule has 0 aromatic heterocycles. The zero-order chi connectivity index (χ0) is 37.8. The number of hydrogen-bond donors (Lipinski definition) is 1. The number of allylic oxidation sites excluding steroid dienone is 1. The average molecular weight is 745 g/mol. The Kier molecular flexibility index (Phi) is 13.3. The monoisotopic (exact) mass is 744 g/mol. The standard InChI is InChI=1S/C39H44N4O9S/c1-41(24-25-42(2)39(47)52-28-31-16-10-5-11-17-31)36(44)33-20-18-32(19-21-33)34-22-23-43(35(34)37(45)50-26-29-12-6-3-7-13-29)53(48,49)40-38(46)51-27-30-14-8-4-9-15-30/h3-17,22-23,33,35H,18-21,24-28H2,1-2H3,(H,40,46). The van der Waals surface area contributed by atoms with Crippen molar-refractivity contribution in [2.75, 3.05) is 27.2 Å². The number of carbonyl (C=O) groups excluding carboxylic acids is 4. The summed E-state index contributed by atoms with van der Waals surface area (Å²) in [6.45, 7) is 0.519. The molecule has 13 nitrogen and oxygen atoms in total. The van der Waals surface area contributed by atoms with Crippen LogP contribution in [-0.4, -0.2) is 79.8 Å². The van der Waals surface area contributed by atoms with Crippen LogP contribution in [0.3, 0.4) is 0 Å². The number of ether oxygens (including phenoxy) is 3. The van der Waals surface area contributed by atoms with E-state index in [9.17, 15) is 27.6 Å². The van der Waals surface area contributed by atoms with Crippen molar-refractivity contribution in [3.63, 3.8) is 0 Å². The van der Waals surface area contributed by atoms with E-state index in [2.05, 4.69) is 0 Å². The molecule has 1 saturated carbocycles. The molecule has 0 saturated heterocycles. The topological polar surface area (TPSA) is 152 Å². The molecule has 280 valence electrons. The summed E-state index contributed by atoms with van der Waals surface area (Å²) in [6.07, 6.45) is 2.94. The van der Waals surface area contributed by atoms with E-state index in [0.29, 0.717) is 43.4 Å². The molecule has 1 aliphatic heterocycles. The minimum absolute atomic E-state index is 0.0664. The minimum Gasteiger partial charge on any atom is -0.459 e. The van der Waals surface area contributed by atoms with Crippen molar-refractivity contribution in [3.8, 4) is 0 Å². The van der Waals surface area contributed by atoms with E-state index in [-0.39, 0.29) is 38.2 Å². The molecule has 0 bridgehead atoms. The Morgan fingerprint density at radius 2 is 1.21 bits per heavy atom. The van der Waals surface area contributed by atoms with Crippen molar-refractivity contribution in [2.24, 2.45) is 5.92 Å². The number of benzene rings is 3. The van der Waals surface area contributed by atoms with Crippen LogP contribution in [0.2, 0.25) is 0 Å². The molecule has 0 radical (unpaired) electrons. The summed E-state index contributed by atoms with van der Waals surface area (Å²) in [5.74, 6) is -1.17. The third-order valence-electron chi connectivity index (χ3n) is 9.11. The Labute approximate surface area is 310 Å². The van der Waals surface area contributed by atoms with Gasteiger partial charge >= 0.3 is 28.4 Å². The maximum atomic E-state index is 13.6. The zero-order valence-electron chi connectivity index (χ0n) is 29.8. The van der Waals surface area contributed by atoms with Gasteiger partial charge < -0.3 is 24.0 Å². The van der Waals surface area contributed by atoms with Gasteiger partial charge in [-0.05, 0) is 54.0 Å². The van der Waals surface area contributed by atoms with Gasteiger partial charge in [0.05, 0.1) is 0 Å². The first-order chi connectivity index (χ1) is 25.5. The van der Waals surface area contributed by atoms with Crippen molar-refractivity contribution < 1.29 is 41.8 Å². The highest BCUT2D eigenvalue weighted by Crippen LogP contribution is 2.36. The van der Waals surface area contributed by atoms with Gasteiger partial charge in [-0.25, -0.2) is 23.4 Å². The maximum absolute atomic E-state index is 13.6. The summed E-state index contributed by atoms with van der Waals surface area (Å²) in [7, 11) is -1.28. The number of carbonyl (C=O) groups is 4. The van der Waals surface area contributed by atoms with Gasteiger partial charge in [0.25, 0.3) is 0 Å². The van der Waals surface area contributed by atoms with E-state index in [0.717, 1.165) is 21.0 Å². The highest BCUT2D eigenvalue weighted by Gasteiger charge is 2.42. The first-order valence-corrected chi connectivity index (χ1v) is 18.7. The summed E-state index contributed by atoms with van der Waals surface area (Å²) in [4.78, 5) is 55.1. The largest absolute Gasteiger partial charge is 0.459 e. The van der Waals surface area contributed by atoms with Crippen LogP contribution in [0.1, 0.15) is 42.4 Å². The highest BCUT2D eigenvalue weighted by atomic mass is 32.2. The molecule has 5 rings (SSSR count). The third kappa shape index (κ3) is 10.7. The maximum Gasteiger partial charge on any atom is 0.422 e. The van der Waals surface area contributed by atoms with Gasteiger partial charge in [0.15, 0.2) is 6.04 Å². The van der Waals surface area contributed by atoms with Crippen LogP contribution in [0, 0.1) is 5.92 Å². The highest BCUT2D eigenvalue weighted by molar-refractivity contribution is 7.87. The fourth-order valence-electron chi connectivity index (χ4n) is 6.09. The summed E-state index contributed by atoms with van der Waals surface area (Å²) in [5.41, 5.74) is 3.53. The van der Waals surface area contributed by atoms with Crippen LogP contribution >= 0.6 is 0 Å². The summed E-state index contributed by atoms with van der Waals surface area (Å²) in [5, 5.41) is 0. The summed E-state index contributed by atoms with van der Waals surface area (Å²) < 4.78 is 45.7. The summed E-state index contributed by atoms with van der Waals surface area (Å²) >= 11 is 0. The predicted octanol–water partition coefficient (Wildman–Crippen LogP) is 5.31. The Balaban J connectivity index is 1.20. The molecule has 0 spiro atoms. The van der Waals surface area contributed by atoms with Crippen molar-refractivity contribution >= 4 is 34.3 Å². The van der Waals surface area contributed by atoms with Gasteiger partial charge in [-0.1, -0.05) is 96.6 Å². The second-order valence-electron chi connectivity index (χ2n) is 12.9. The number of hydrogen-bond acceptors (Lipinski definition) is 9.